The van der Waals surface area contributed by atoms with Gasteiger partial charge >= 0.3 is 20.4 Å². The van der Waals surface area contributed by atoms with Gasteiger partial charge in [0.1, 0.15) is 0 Å². The van der Waals surface area contributed by atoms with E-state index in [1.807, 2.05) is 24.4 Å². The van der Waals surface area contributed by atoms with Crippen molar-refractivity contribution in [2.24, 2.45) is 5.10 Å². The first-order chi connectivity index (χ1) is 19.8. The molecule has 1 fully saturated rings. The van der Waals surface area contributed by atoms with E-state index in [4.69, 9.17) is 12.2 Å². The van der Waals surface area contributed by atoms with Crippen molar-refractivity contribution in [1.29, 1.82) is 0 Å². The Labute approximate surface area is 281 Å². The van der Waals surface area contributed by atoms with Gasteiger partial charge in [0.05, 0.1) is 0 Å². The minimum atomic E-state index is -0.446. The molecule has 0 spiro atoms. The maximum atomic E-state index is 5.23. The molecule has 0 unspecified atom stereocenters. The van der Waals surface area contributed by atoms with Crippen molar-refractivity contribution in [3.63, 3.8) is 0 Å². The maximum Gasteiger partial charge on any atom is 2.00 e. The second-order valence-corrected chi connectivity index (χ2v) is 12.4. The van der Waals surface area contributed by atoms with Crippen LogP contribution in [0.4, 0.5) is 0 Å². The van der Waals surface area contributed by atoms with Crippen molar-refractivity contribution in [2.75, 3.05) is 0 Å². The summed E-state index contributed by atoms with van der Waals surface area (Å²) >= 11 is 5.23. The van der Waals surface area contributed by atoms with E-state index in [-0.39, 0.29) is 38.3 Å². The van der Waals surface area contributed by atoms with E-state index in [1.165, 1.54) is 48.0 Å². The van der Waals surface area contributed by atoms with Gasteiger partial charge in [-0.15, -0.1) is 0 Å². The van der Waals surface area contributed by atoms with Crippen molar-refractivity contribution < 1.29 is 38.3 Å². The molecule has 6 rings (SSSR count). The zero-order valence-corrected chi connectivity index (χ0v) is 27.7. The third kappa shape index (κ3) is 10.7. The number of fused-ring (bicyclic) bond motifs is 1. The molecule has 1 aliphatic rings. The van der Waals surface area contributed by atoms with Crippen LogP contribution in [-0.4, -0.2) is 27.8 Å². The quantitative estimate of drug-likeness (QED) is 0.0923. The van der Waals surface area contributed by atoms with Crippen LogP contribution in [0.3, 0.4) is 0 Å². The predicted octanol–water partition coefficient (Wildman–Crippen LogP) is 3.70. The second-order valence-electron chi connectivity index (χ2n) is 9.76. The molecule has 0 aliphatic heterocycles. The van der Waals surface area contributed by atoms with Crippen LogP contribution in [0.15, 0.2) is 127 Å². The van der Waals surface area contributed by atoms with Crippen LogP contribution in [0.25, 0.3) is 16.3 Å². The number of halogens is 1. The van der Waals surface area contributed by atoms with Gasteiger partial charge in [0, 0.05) is 34.0 Å². The third-order valence-corrected chi connectivity index (χ3v) is 9.59. The second kappa shape index (κ2) is 19.4. The van der Waals surface area contributed by atoms with Crippen molar-refractivity contribution in [3.05, 3.63) is 132 Å². The van der Waals surface area contributed by atoms with Crippen molar-refractivity contribution in [3.8, 4) is 0 Å². The van der Waals surface area contributed by atoms with E-state index in [0.29, 0.717) is 11.2 Å². The molecule has 0 amide bonds. The van der Waals surface area contributed by atoms with E-state index in [9.17, 15) is 0 Å². The Hall–Kier alpha value is -2.88. The van der Waals surface area contributed by atoms with Crippen molar-refractivity contribution in [2.45, 2.75) is 38.1 Å². The number of thiocarbonyl (C=S) groups is 1. The van der Waals surface area contributed by atoms with E-state index in [2.05, 4.69) is 118 Å². The van der Waals surface area contributed by atoms with E-state index >= 15 is 0 Å². The van der Waals surface area contributed by atoms with Gasteiger partial charge < -0.3 is 33.6 Å². The molecule has 0 bridgehead atoms. The van der Waals surface area contributed by atoms with Crippen molar-refractivity contribution >= 4 is 58.3 Å². The largest absolute Gasteiger partial charge is 2.00 e. The number of rotatable bonds is 6. The molecule has 1 heterocycles. The van der Waals surface area contributed by atoms with E-state index in [0.717, 1.165) is 16.5 Å². The molecular weight excluding hydrogens is 685 g/mol. The van der Waals surface area contributed by atoms with Gasteiger partial charge in [-0.25, -0.2) is 0 Å². The molecule has 0 atom stereocenters. The Morgan fingerprint density at radius 2 is 1.26 bits per heavy atom. The average molecular weight is 722 g/mol. The zero-order chi connectivity index (χ0) is 27.4. The summed E-state index contributed by atoms with van der Waals surface area (Å²) in [5.74, 6) is 0. The maximum absolute atomic E-state index is 5.23. The smallest absolute Gasteiger partial charge is 1.00 e. The Kier molecular flexibility index (Phi) is 16.4. The van der Waals surface area contributed by atoms with Gasteiger partial charge in [-0.05, 0) is 35.9 Å². The molecule has 5 aromatic rings. The SMILES string of the molecule is O.S=C([N-]/N=C\c1c[nH]c2ccccc12)NC1CCCCC1.[Cl-].[Pd+2].c1ccc(P(c2ccccc2)c2ccccc2)cc1. The molecule has 4 aromatic carbocycles. The number of H-pyrrole nitrogens is 1. The van der Waals surface area contributed by atoms with Gasteiger partial charge in [-0.3, -0.25) is 5.10 Å². The molecule has 43 heavy (non-hydrogen) atoms. The summed E-state index contributed by atoms with van der Waals surface area (Å²) in [7, 11) is -0.446. The molecule has 1 saturated carbocycles. The Balaban J connectivity index is 0.000000282. The Morgan fingerprint density at radius 3 is 1.79 bits per heavy atom. The first-order valence-corrected chi connectivity index (χ1v) is 15.6. The summed E-state index contributed by atoms with van der Waals surface area (Å²) < 4.78 is 0. The number of aromatic amines is 1. The standard InChI is InChI=1S/C18H15P.C16H20N4S.ClH.H2O.Pd/c1-4-10-16(11-5-1)19(17-12-6-2-7-13-17)18-14-8-3-9-15-18;21-16(19-13-6-2-1-3-7-13)20-18-11-12-10-17-15-9-5-4-8-14(12)15;;;/h1-15H;4-5,8-11,13H,1-3,6-7H2,(H3,17,18,19,20,21);1H;1H2;/q;;;;+2/p-2. The van der Waals surface area contributed by atoms with E-state index in [1.54, 1.807) is 6.21 Å². The monoisotopic (exact) mass is 720 g/mol. The summed E-state index contributed by atoms with van der Waals surface area (Å²) in [4.78, 5) is 3.21. The van der Waals surface area contributed by atoms with Crippen LogP contribution in [0, 0.1) is 0 Å². The first kappa shape index (κ1) is 36.3. The van der Waals surface area contributed by atoms with Gasteiger partial charge in [-0.1, -0.05) is 154 Å². The van der Waals surface area contributed by atoms with Crippen LogP contribution in [0.5, 0.6) is 0 Å². The number of para-hydroxylation sites is 1. The minimum absolute atomic E-state index is 0. The number of aromatic nitrogens is 1. The van der Waals surface area contributed by atoms with Crippen LogP contribution >= 0.6 is 20.1 Å². The summed E-state index contributed by atoms with van der Waals surface area (Å²) in [6.07, 6.45) is 9.93. The number of nitrogens with zero attached hydrogens (tertiary/aromatic N) is 2. The summed E-state index contributed by atoms with van der Waals surface area (Å²) in [5.41, 5.74) is 6.20. The summed E-state index contributed by atoms with van der Waals surface area (Å²) in [6.45, 7) is 0. The predicted molar refractivity (Wildman–Crippen MR) is 181 cm³/mol. The zero-order valence-electron chi connectivity index (χ0n) is 23.7. The number of hydrogen-bond acceptors (Lipinski definition) is 2. The van der Waals surface area contributed by atoms with Crippen molar-refractivity contribution in [1.82, 2.24) is 10.3 Å². The molecule has 1 aromatic heterocycles. The Morgan fingerprint density at radius 1 is 0.767 bits per heavy atom. The number of nitrogens with one attached hydrogen (secondary N) is 2. The minimum Gasteiger partial charge on any atom is -1.00 e. The van der Waals surface area contributed by atoms with Crippen LogP contribution in [0.1, 0.15) is 37.7 Å². The molecule has 0 radical (unpaired) electrons. The number of benzene rings is 4. The van der Waals surface area contributed by atoms with Gasteiger partial charge in [0.2, 0.25) is 0 Å². The molecule has 5 nitrogen and oxygen atoms in total. The molecular formula is C34H36ClN4OPPdS. The average Bonchev–Trinajstić information content (AvgIpc) is 3.43. The van der Waals surface area contributed by atoms with Gasteiger partial charge in [-0.2, -0.15) is 0 Å². The fraction of sp³-hybridized carbons (Fsp3) is 0.176. The van der Waals surface area contributed by atoms with Crippen LogP contribution < -0.4 is 33.6 Å². The van der Waals surface area contributed by atoms with Crippen LogP contribution in [0.2, 0.25) is 0 Å². The van der Waals surface area contributed by atoms with Gasteiger partial charge in [0.15, 0.2) is 0 Å². The third-order valence-electron chi connectivity index (χ3n) is 6.94. The topological polar surface area (TPSA) is 85.8 Å². The van der Waals surface area contributed by atoms with Crippen LogP contribution in [-0.2, 0) is 20.4 Å². The molecule has 1 aliphatic carbocycles. The molecule has 0 saturated heterocycles. The molecule has 4 N–H and O–H groups in total. The van der Waals surface area contributed by atoms with E-state index < -0.39 is 7.92 Å². The molecule has 226 valence electrons. The number of hydrogen-bond donors (Lipinski definition) is 2. The molecule has 9 heteroatoms. The fourth-order valence-electron chi connectivity index (χ4n) is 4.97. The van der Waals surface area contributed by atoms with Gasteiger partial charge in [0.25, 0.3) is 0 Å². The normalized spacial score (nSPS) is 12.7. The summed E-state index contributed by atoms with van der Waals surface area (Å²) in [5, 5.41) is 13.2. The summed E-state index contributed by atoms with van der Waals surface area (Å²) in [6, 6.07) is 40.9. The first-order valence-electron chi connectivity index (χ1n) is 13.8. The fourth-order valence-corrected chi connectivity index (χ4v) is 7.49. The Bertz CT molecular complexity index is 1420.